The first-order valence-electron chi connectivity index (χ1n) is 9.27. The number of hydrogen-bond acceptors (Lipinski definition) is 5. The van der Waals surface area contributed by atoms with Gasteiger partial charge < -0.3 is 19.2 Å². The van der Waals surface area contributed by atoms with Crippen LogP contribution in [0.15, 0.2) is 40.8 Å². The van der Waals surface area contributed by atoms with E-state index in [0.717, 1.165) is 10.9 Å². The van der Waals surface area contributed by atoms with E-state index in [-0.39, 0.29) is 17.5 Å². The summed E-state index contributed by atoms with van der Waals surface area (Å²) in [7, 11) is 3.05. The number of hydrogen-bond donors (Lipinski definition) is 1. The average Bonchev–Trinajstić information content (AvgIpc) is 3.02. The Morgan fingerprint density at radius 2 is 1.72 bits per heavy atom. The highest BCUT2D eigenvalue weighted by Gasteiger charge is 2.24. The number of nitrogens with one attached hydrogen (secondary N) is 1. The first kappa shape index (κ1) is 20.5. The van der Waals surface area contributed by atoms with Crippen molar-refractivity contribution in [3.8, 4) is 11.5 Å². The third-order valence-corrected chi connectivity index (χ3v) is 4.73. The van der Waals surface area contributed by atoms with E-state index in [0.29, 0.717) is 28.3 Å². The van der Waals surface area contributed by atoms with E-state index < -0.39 is 5.41 Å². The van der Waals surface area contributed by atoms with Crippen LogP contribution in [0.1, 0.15) is 42.5 Å². The van der Waals surface area contributed by atoms with Crippen LogP contribution >= 0.6 is 0 Å². The zero-order valence-electron chi connectivity index (χ0n) is 17.5. The molecule has 0 aliphatic rings. The molecule has 0 aliphatic carbocycles. The van der Waals surface area contributed by atoms with Crippen LogP contribution in [0, 0.1) is 12.3 Å². The van der Waals surface area contributed by atoms with E-state index >= 15 is 0 Å². The van der Waals surface area contributed by atoms with Gasteiger partial charge in [0.2, 0.25) is 11.7 Å². The number of benzene rings is 2. The van der Waals surface area contributed by atoms with E-state index in [1.807, 2.05) is 33.8 Å². The lowest BCUT2D eigenvalue weighted by molar-refractivity contribution is -0.123. The van der Waals surface area contributed by atoms with Crippen molar-refractivity contribution in [2.75, 3.05) is 19.5 Å². The summed E-state index contributed by atoms with van der Waals surface area (Å²) in [6.45, 7) is 7.36. The summed E-state index contributed by atoms with van der Waals surface area (Å²) in [5.41, 5.74) is 1.71. The van der Waals surface area contributed by atoms with Gasteiger partial charge >= 0.3 is 0 Å². The largest absolute Gasteiger partial charge is 0.497 e. The second kappa shape index (κ2) is 7.62. The summed E-state index contributed by atoms with van der Waals surface area (Å²) in [5.74, 6) is 0.821. The lowest BCUT2D eigenvalue weighted by atomic mass is 9.95. The van der Waals surface area contributed by atoms with Gasteiger partial charge in [-0.05, 0) is 37.3 Å². The Morgan fingerprint density at radius 3 is 2.34 bits per heavy atom. The van der Waals surface area contributed by atoms with Crippen molar-refractivity contribution < 1.29 is 23.5 Å². The summed E-state index contributed by atoms with van der Waals surface area (Å²) in [4.78, 5) is 25.4. The Labute approximate surface area is 169 Å². The first-order valence-corrected chi connectivity index (χ1v) is 9.27. The van der Waals surface area contributed by atoms with Gasteiger partial charge in [0.15, 0.2) is 5.76 Å². The summed E-state index contributed by atoms with van der Waals surface area (Å²) < 4.78 is 16.5. The maximum atomic E-state index is 13.2. The normalized spacial score (nSPS) is 11.4. The molecule has 0 atom stereocenters. The predicted octanol–water partition coefficient (Wildman–Crippen LogP) is 4.97. The number of ether oxygens (including phenoxy) is 2. The van der Waals surface area contributed by atoms with E-state index in [1.54, 1.807) is 30.3 Å². The maximum Gasteiger partial charge on any atom is 0.232 e. The topological polar surface area (TPSA) is 77.8 Å². The highest BCUT2D eigenvalue weighted by molar-refractivity contribution is 6.12. The van der Waals surface area contributed by atoms with Crippen molar-refractivity contribution in [2.45, 2.75) is 27.7 Å². The van der Waals surface area contributed by atoms with E-state index in [4.69, 9.17) is 13.9 Å². The molecule has 0 spiro atoms. The highest BCUT2D eigenvalue weighted by Crippen LogP contribution is 2.33. The van der Waals surface area contributed by atoms with Crippen LogP contribution in [-0.4, -0.2) is 25.9 Å². The summed E-state index contributed by atoms with van der Waals surface area (Å²) in [6.07, 6.45) is 0. The van der Waals surface area contributed by atoms with Crippen LogP contribution in [0.2, 0.25) is 0 Å². The minimum Gasteiger partial charge on any atom is -0.497 e. The summed E-state index contributed by atoms with van der Waals surface area (Å²) in [6, 6.07) is 10.4. The molecule has 1 amide bonds. The molecule has 1 aromatic heterocycles. The van der Waals surface area contributed by atoms with Gasteiger partial charge in [-0.25, -0.2) is 0 Å². The third-order valence-electron chi connectivity index (χ3n) is 4.73. The molecule has 0 radical (unpaired) electrons. The van der Waals surface area contributed by atoms with Crippen LogP contribution < -0.4 is 14.8 Å². The number of carbonyl (C=O) groups is 2. The zero-order chi connectivity index (χ0) is 21.3. The minimum absolute atomic E-state index is 0.0995. The first-order chi connectivity index (χ1) is 13.7. The van der Waals surface area contributed by atoms with Crippen molar-refractivity contribution in [3.63, 3.8) is 0 Å². The Bertz CT molecular complexity index is 1090. The van der Waals surface area contributed by atoms with Crippen molar-refractivity contribution in [2.24, 2.45) is 5.41 Å². The van der Waals surface area contributed by atoms with Crippen LogP contribution in [0.5, 0.6) is 11.5 Å². The van der Waals surface area contributed by atoms with Crippen molar-refractivity contribution in [1.82, 2.24) is 0 Å². The molecule has 1 N–H and O–H groups in total. The number of furan rings is 1. The predicted molar refractivity (Wildman–Crippen MR) is 112 cm³/mol. The van der Waals surface area contributed by atoms with Gasteiger partial charge in [0.25, 0.3) is 0 Å². The number of methoxy groups -OCH3 is 2. The average molecular weight is 395 g/mol. The molecular weight excluding hydrogens is 370 g/mol. The molecule has 3 aromatic rings. The van der Waals surface area contributed by atoms with Crippen molar-refractivity contribution in [1.29, 1.82) is 0 Å². The third kappa shape index (κ3) is 3.97. The fraction of sp³-hybridized carbons (Fsp3) is 0.304. The van der Waals surface area contributed by atoms with Gasteiger partial charge in [0.1, 0.15) is 17.1 Å². The fourth-order valence-electron chi connectivity index (χ4n) is 2.95. The molecule has 0 bridgehead atoms. The summed E-state index contributed by atoms with van der Waals surface area (Å²) >= 11 is 0. The molecule has 0 saturated carbocycles. The number of ketones is 1. The van der Waals surface area contributed by atoms with Crippen LogP contribution in [0.3, 0.4) is 0 Å². The second-order valence-electron chi connectivity index (χ2n) is 7.87. The molecule has 3 rings (SSSR count). The quantitative estimate of drug-likeness (QED) is 0.617. The second-order valence-corrected chi connectivity index (χ2v) is 7.87. The van der Waals surface area contributed by atoms with Gasteiger partial charge in [0.05, 0.1) is 19.8 Å². The molecule has 2 aromatic carbocycles. The standard InChI is InChI=1S/C23H25NO5/c1-13-16-9-7-14(24-22(26)23(2,3)4)11-19(16)29-21(13)20(25)17-12-15(27-5)8-10-18(17)28-6/h7-12H,1-6H3,(H,24,26). The van der Waals surface area contributed by atoms with E-state index in [9.17, 15) is 9.59 Å². The molecule has 0 saturated heterocycles. The lowest BCUT2D eigenvalue weighted by Crippen LogP contribution is -2.27. The monoisotopic (exact) mass is 395 g/mol. The smallest absolute Gasteiger partial charge is 0.232 e. The van der Waals surface area contributed by atoms with Crippen molar-refractivity contribution in [3.05, 3.63) is 53.3 Å². The molecule has 0 unspecified atom stereocenters. The van der Waals surface area contributed by atoms with Crippen LogP contribution in [0.25, 0.3) is 11.0 Å². The van der Waals surface area contributed by atoms with Gasteiger partial charge in [0, 0.05) is 28.1 Å². The minimum atomic E-state index is -0.516. The van der Waals surface area contributed by atoms with Gasteiger partial charge in [-0.15, -0.1) is 0 Å². The maximum absolute atomic E-state index is 13.2. The van der Waals surface area contributed by atoms with E-state index in [1.165, 1.54) is 14.2 Å². The molecule has 1 heterocycles. The van der Waals surface area contributed by atoms with Crippen LogP contribution in [-0.2, 0) is 4.79 Å². The zero-order valence-corrected chi connectivity index (χ0v) is 17.5. The van der Waals surface area contributed by atoms with Gasteiger partial charge in [-0.3, -0.25) is 9.59 Å². The molecule has 0 fully saturated rings. The highest BCUT2D eigenvalue weighted by atomic mass is 16.5. The van der Waals surface area contributed by atoms with Gasteiger partial charge in [-0.2, -0.15) is 0 Å². The Hall–Kier alpha value is -3.28. The number of anilines is 1. The molecule has 6 nitrogen and oxygen atoms in total. The lowest BCUT2D eigenvalue weighted by Gasteiger charge is -2.17. The number of fused-ring (bicyclic) bond motifs is 1. The number of rotatable bonds is 5. The molecule has 29 heavy (non-hydrogen) atoms. The fourth-order valence-corrected chi connectivity index (χ4v) is 2.95. The Balaban J connectivity index is 2.02. The van der Waals surface area contributed by atoms with Crippen molar-refractivity contribution >= 4 is 28.3 Å². The van der Waals surface area contributed by atoms with Gasteiger partial charge in [-0.1, -0.05) is 20.8 Å². The number of amides is 1. The summed E-state index contributed by atoms with van der Waals surface area (Å²) in [5, 5.41) is 3.69. The molecule has 152 valence electrons. The number of carbonyl (C=O) groups excluding carboxylic acids is 2. The Morgan fingerprint density at radius 1 is 1.00 bits per heavy atom. The molecular formula is C23H25NO5. The van der Waals surface area contributed by atoms with E-state index in [2.05, 4.69) is 5.32 Å². The SMILES string of the molecule is COc1ccc(OC)c(C(=O)c2oc3cc(NC(=O)C(C)(C)C)ccc3c2C)c1. The molecule has 0 aliphatic heterocycles. The molecule has 6 heteroatoms. The Kier molecular flexibility index (Phi) is 5.38. The number of aryl methyl sites for hydroxylation is 1. The van der Waals surface area contributed by atoms with Crippen LogP contribution in [0.4, 0.5) is 5.69 Å².